The number of amides is 1. The van der Waals surface area contributed by atoms with E-state index in [4.69, 9.17) is 9.84 Å². The van der Waals surface area contributed by atoms with Crippen molar-refractivity contribution in [2.45, 2.75) is 45.2 Å². The van der Waals surface area contributed by atoms with Crippen molar-refractivity contribution in [2.75, 3.05) is 30.9 Å². The van der Waals surface area contributed by atoms with Crippen LogP contribution in [0, 0.1) is 0 Å². The molecule has 0 saturated heterocycles. The van der Waals surface area contributed by atoms with E-state index in [1.54, 1.807) is 21.3 Å². The summed E-state index contributed by atoms with van der Waals surface area (Å²) in [5.74, 6) is 1.23. The van der Waals surface area contributed by atoms with Gasteiger partial charge >= 0.3 is 0 Å². The van der Waals surface area contributed by atoms with Crippen LogP contribution < -0.4 is 26.2 Å². The summed E-state index contributed by atoms with van der Waals surface area (Å²) in [6.45, 7) is 4.95. The minimum absolute atomic E-state index is 0.0214. The molecule has 176 valence electrons. The molecule has 0 aromatic carbocycles. The molecule has 2 aliphatic rings. The number of hydrogen-bond acceptors (Lipinski definition) is 8. The normalized spacial score (nSPS) is 14.9. The first-order chi connectivity index (χ1) is 16.0. The number of aromatic nitrogens is 4. The largest absolute Gasteiger partial charge is 0.485 e. The van der Waals surface area contributed by atoms with Crippen molar-refractivity contribution in [1.29, 1.82) is 0 Å². The van der Waals surface area contributed by atoms with Gasteiger partial charge in [-0.25, -0.2) is 4.98 Å². The number of carbonyl (C=O) groups excluding carboxylic acids is 1. The number of carbonyl (C=O) groups is 1. The predicted octanol–water partition coefficient (Wildman–Crippen LogP) is 1.91. The monoisotopic (exact) mass is 455 g/mol. The Morgan fingerprint density at radius 3 is 2.82 bits per heavy atom. The molecule has 5 rings (SSSR count). The number of anilines is 3. The third kappa shape index (κ3) is 4.23. The average Bonchev–Trinajstić information content (AvgIpc) is 3.23. The number of aliphatic hydroxyl groups excluding tert-OH is 1. The number of aliphatic hydroxyl groups is 1. The topological polar surface area (TPSA) is 135 Å². The maximum absolute atomic E-state index is 12.9. The van der Waals surface area contributed by atoms with Crippen LogP contribution in [0.15, 0.2) is 29.3 Å². The maximum atomic E-state index is 12.9. The van der Waals surface area contributed by atoms with Gasteiger partial charge in [0, 0.05) is 25.4 Å². The number of pyridine rings is 1. The molecule has 3 aromatic heterocycles. The van der Waals surface area contributed by atoms with E-state index >= 15 is 0 Å². The first kappa shape index (κ1) is 22.6. The molecule has 1 amide bonds. The van der Waals surface area contributed by atoms with Gasteiger partial charge in [-0.05, 0) is 45.2 Å². The SMILES string of the molecule is CC(C)n1cccc(Nc2nc3c(C(=O)NC4CCC4)cnn3c3c2OCCN3)c1=O.CO. The van der Waals surface area contributed by atoms with E-state index in [9.17, 15) is 9.59 Å². The first-order valence-electron chi connectivity index (χ1n) is 11.0. The van der Waals surface area contributed by atoms with Gasteiger partial charge in [-0.1, -0.05) is 0 Å². The van der Waals surface area contributed by atoms with Crippen LogP contribution in [0.3, 0.4) is 0 Å². The molecule has 4 heterocycles. The second-order valence-electron chi connectivity index (χ2n) is 8.16. The third-order valence-electron chi connectivity index (χ3n) is 5.71. The third-order valence-corrected chi connectivity index (χ3v) is 5.71. The maximum Gasteiger partial charge on any atom is 0.274 e. The van der Waals surface area contributed by atoms with Crippen LogP contribution in [0.25, 0.3) is 5.65 Å². The highest BCUT2D eigenvalue weighted by Gasteiger charge is 2.27. The van der Waals surface area contributed by atoms with E-state index < -0.39 is 0 Å². The molecule has 0 spiro atoms. The number of rotatable bonds is 5. The van der Waals surface area contributed by atoms with Gasteiger partial charge in [0.15, 0.2) is 17.3 Å². The van der Waals surface area contributed by atoms with Crippen molar-refractivity contribution in [3.63, 3.8) is 0 Å². The van der Waals surface area contributed by atoms with Crippen molar-refractivity contribution in [3.05, 3.63) is 40.4 Å². The fourth-order valence-corrected chi connectivity index (χ4v) is 3.79. The zero-order valence-electron chi connectivity index (χ0n) is 19.0. The van der Waals surface area contributed by atoms with Crippen LogP contribution in [0.1, 0.15) is 49.5 Å². The summed E-state index contributed by atoms with van der Waals surface area (Å²) < 4.78 is 9.07. The molecule has 0 bridgehead atoms. The van der Waals surface area contributed by atoms with Crippen LogP contribution in [0.2, 0.25) is 0 Å². The molecule has 0 radical (unpaired) electrons. The Hall–Kier alpha value is -3.60. The van der Waals surface area contributed by atoms with E-state index in [1.807, 2.05) is 19.9 Å². The minimum Gasteiger partial charge on any atom is -0.485 e. The van der Waals surface area contributed by atoms with Gasteiger partial charge < -0.3 is 30.4 Å². The first-order valence-corrected chi connectivity index (χ1v) is 11.0. The summed E-state index contributed by atoms with van der Waals surface area (Å²) >= 11 is 0. The van der Waals surface area contributed by atoms with Crippen molar-refractivity contribution in [3.8, 4) is 5.75 Å². The number of nitrogens with one attached hydrogen (secondary N) is 3. The molecule has 11 nitrogen and oxygen atoms in total. The van der Waals surface area contributed by atoms with E-state index in [-0.39, 0.29) is 23.6 Å². The van der Waals surface area contributed by atoms with Gasteiger partial charge in [-0.3, -0.25) is 9.59 Å². The molecule has 1 aliphatic heterocycles. The van der Waals surface area contributed by atoms with E-state index in [0.717, 1.165) is 26.4 Å². The smallest absolute Gasteiger partial charge is 0.274 e. The summed E-state index contributed by atoms with van der Waals surface area (Å²) in [6.07, 6.45) is 6.39. The Morgan fingerprint density at radius 1 is 1.33 bits per heavy atom. The molecule has 11 heteroatoms. The number of ether oxygens (including phenoxy) is 1. The second-order valence-corrected chi connectivity index (χ2v) is 8.16. The lowest BCUT2D eigenvalue weighted by atomic mass is 9.93. The number of hydrogen-bond donors (Lipinski definition) is 4. The Labute approximate surface area is 190 Å². The van der Waals surface area contributed by atoms with Crippen molar-refractivity contribution in [2.24, 2.45) is 0 Å². The quantitative estimate of drug-likeness (QED) is 0.458. The standard InChI is InChI=1S/C21H25N7O3.CH4O/c1-12(2)27-9-4-7-15(21(27)30)25-17-16-19(22-8-10-31-16)28-18(26-17)14(11-23-28)20(29)24-13-5-3-6-13;1-2/h4,7,9,11-13,22H,3,5-6,8,10H2,1-2H3,(H,24,29)(H,25,26);2H,1H3. The Kier molecular flexibility index (Phi) is 6.50. The van der Waals surface area contributed by atoms with Gasteiger partial charge in [-0.2, -0.15) is 9.61 Å². The molecule has 0 unspecified atom stereocenters. The molecule has 1 saturated carbocycles. The van der Waals surface area contributed by atoms with Crippen LogP contribution in [-0.4, -0.2) is 56.5 Å². The molecule has 1 aliphatic carbocycles. The van der Waals surface area contributed by atoms with Crippen LogP contribution >= 0.6 is 0 Å². The molecular weight excluding hydrogens is 426 g/mol. The molecule has 1 fully saturated rings. The van der Waals surface area contributed by atoms with Crippen molar-refractivity contribution < 1.29 is 14.6 Å². The van der Waals surface area contributed by atoms with Crippen molar-refractivity contribution >= 4 is 28.9 Å². The van der Waals surface area contributed by atoms with Gasteiger partial charge in [0.1, 0.15) is 17.9 Å². The molecule has 4 N–H and O–H groups in total. The summed E-state index contributed by atoms with van der Waals surface area (Å²) in [4.78, 5) is 30.3. The van der Waals surface area contributed by atoms with Crippen LogP contribution in [-0.2, 0) is 0 Å². The summed E-state index contributed by atoms with van der Waals surface area (Å²) in [7, 11) is 1.00. The van der Waals surface area contributed by atoms with Gasteiger partial charge in [-0.15, -0.1) is 0 Å². The Balaban J connectivity index is 0.00000126. The highest BCUT2D eigenvalue weighted by Crippen LogP contribution is 2.36. The van der Waals surface area contributed by atoms with E-state index in [2.05, 4.69) is 26.0 Å². The van der Waals surface area contributed by atoms with Crippen LogP contribution in [0.4, 0.5) is 17.3 Å². The summed E-state index contributed by atoms with van der Waals surface area (Å²) in [5.41, 5.74) is 1.01. The molecule has 3 aromatic rings. The summed E-state index contributed by atoms with van der Waals surface area (Å²) in [6, 6.07) is 3.74. The highest BCUT2D eigenvalue weighted by atomic mass is 16.5. The summed E-state index contributed by atoms with van der Waals surface area (Å²) in [5, 5.41) is 20.8. The van der Waals surface area contributed by atoms with Gasteiger partial charge in [0.05, 0.1) is 12.7 Å². The lowest BCUT2D eigenvalue weighted by Crippen LogP contribution is -2.39. The fourth-order valence-electron chi connectivity index (χ4n) is 3.79. The van der Waals surface area contributed by atoms with Gasteiger partial charge in [0.2, 0.25) is 5.75 Å². The predicted molar refractivity (Wildman–Crippen MR) is 125 cm³/mol. The van der Waals surface area contributed by atoms with Crippen molar-refractivity contribution in [1.82, 2.24) is 24.5 Å². The van der Waals surface area contributed by atoms with E-state index in [1.165, 1.54) is 6.20 Å². The Morgan fingerprint density at radius 2 is 2.12 bits per heavy atom. The fraction of sp³-hybridized carbons (Fsp3) is 0.455. The Bertz CT molecular complexity index is 1210. The zero-order chi connectivity index (χ0) is 23.5. The second kappa shape index (κ2) is 9.49. The molecule has 33 heavy (non-hydrogen) atoms. The lowest BCUT2D eigenvalue weighted by Gasteiger charge is -2.26. The zero-order valence-corrected chi connectivity index (χ0v) is 19.0. The number of fused-ring (bicyclic) bond motifs is 3. The van der Waals surface area contributed by atoms with Crippen LogP contribution in [0.5, 0.6) is 5.75 Å². The average molecular weight is 456 g/mol. The minimum atomic E-state index is -0.197. The highest BCUT2D eigenvalue weighted by molar-refractivity contribution is 6.00. The molecule has 0 atom stereocenters. The van der Waals surface area contributed by atoms with E-state index in [0.29, 0.717) is 47.4 Å². The lowest BCUT2D eigenvalue weighted by molar-refractivity contribution is 0.0918. The number of nitrogens with zero attached hydrogens (tertiary/aromatic N) is 4. The van der Waals surface area contributed by atoms with Gasteiger partial charge in [0.25, 0.3) is 11.5 Å². The molecular formula is C22H29N7O4.